The summed E-state index contributed by atoms with van der Waals surface area (Å²) in [7, 11) is 1.98. The SMILES string of the molecule is CC(=O)N[C@@H](C)c1ccc(O[C@@H]2CCN(c3nc(N(C)C(C)C)ncc3Cl)C2)cc1. The Bertz CT molecular complexity index is 874. The summed E-state index contributed by atoms with van der Waals surface area (Å²) in [6, 6.07) is 8.13. The molecule has 1 aliphatic rings. The molecule has 30 heavy (non-hydrogen) atoms. The number of hydrogen-bond acceptors (Lipinski definition) is 6. The van der Waals surface area contributed by atoms with E-state index in [0.29, 0.717) is 23.6 Å². The molecule has 2 aromatic rings. The van der Waals surface area contributed by atoms with Gasteiger partial charge < -0.3 is 19.9 Å². The number of benzene rings is 1. The molecule has 7 nitrogen and oxygen atoms in total. The summed E-state index contributed by atoms with van der Waals surface area (Å²) in [6.45, 7) is 9.21. The topological polar surface area (TPSA) is 70.6 Å². The molecule has 1 saturated heterocycles. The molecule has 1 fully saturated rings. The van der Waals surface area contributed by atoms with Gasteiger partial charge in [-0.3, -0.25) is 4.79 Å². The summed E-state index contributed by atoms with van der Waals surface area (Å²) in [5, 5.41) is 3.43. The monoisotopic (exact) mass is 431 g/mol. The quantitative estimate of drug-likeness (QED) is 0.718. The number of rotatable bonds is 7. The van der Waals surface area contributed by atoms with E-state index >= 15 is 0 Å². The van der Waals surface area contributed by atoms with Gasteiger partial charge in [-0.1, -0.05) is 23.7 Å². The number of nitrogens with zero attached hydrogens (tertiary/aromatic N) is 4. The lowest BCUT2D eigenvalue weighted by Gasteiger charge is -2.24. The minimum absolute atomic E-state index is 0.0309. The lowest BCUT2D eigenvalue weighted by atomic mass is 10.1. The molecule has 0 saturated carbocycles. The third-order valence-corrected chi connectivity index (χ3v) is 5.62. The standard InChI is InChI=1S/C22H30ClN5O2/c1-14(2)27(5)22-24-12-20(23)21(26-22)28-11-10-19(13-28)30-18-8-6-17(7-9-18)15(3)25-16(4)29/h6-9,12,14-15,19H,10-11,13H2,1-5H3,(H,25,29)/t15-,19+/m0/s1. The van der Waals surface area contributed by atoms with Crippen molar-refractivity contribution in [2.75, 3.05) is 29.9 Å². The lowest BCUT2D eigenvalue weighted by molar-refractivity contribution is -0.119. The first kappa shape index (κ1) is 22.2. The molecule has 3 rings (SSSR count). The van der Waals surface area contributed by atoms with Crippen LogP contribution in [0, 0.1) is 0 Å². The minimum Gasteiger partial charge on any atom is -0.489 e. The predicted molar refractivity (Wildman–Crippen MR) is 121 cm³/mol. The van der Waals surface area contributed by atoms with Gasteiger partial charge in [-0.2, -0.15) is 4.98 Å². The number of hydrogen-bond donors (Lipinski definition) is 1. The van der Waals surface area contributed by atoms with Gasteiger partial charge in [0.2, 0.25) is 11.9 Å². The molecule has 1 N–H and O–H groups in total. The fraction of sp³-hybridized carbons (Fsp3) is 0.500. The molecule has 0 spiro atoms. The molecule has 2 heterocycles. The van der Waals surface area contributed by atoms with Crippen LogP contribution < -0.4 is 19.9 Å². The molecular formula is C22H30ClN5O2. The highest BCUT2D eigenvalue weighted by Gasteiger charge is 2.27. The van der Waals surface area contributed by atoms with E-state index in [4.69, 9.17) is 21.3 Å². The molecule has 0 radical (unpaired) electrons. The molecule has 0 bridgehead atoms. The summed E-state index contributed by atoms with van der Waals surface area (Å²) in [5.41, 5.74) is 1.04. The Balaban J connectivity index is 1.63. The van der Waals surface area contributed by atoms with Gasteiger partial charge in [0.1, 0.15) is 16.9 Å². The van der Waals surface area contributed by atoms with E-state index in [1.54, 1.807) is 6.20 Å². The number of halogens is 1. The molecule has 0 unspecified atom stereocenters. The van der Waals surface area contributed by atoms with Crippen molar-refractivity contribution in [2.45, 2.75) is 52.3 Å². The van der Waals surface area contributed by atoms with E-state index < -0.39 is 0 Å². The molecule has 0 aliphatic carbocycles. The van der Waals surface area contributed by atoms with Crippen LogP contribution in [0.15, 0.2) is 30.5 Å². The van der Waals surface area contributed by atoms with Crippen molar-refractivity contribution in [1.82, 2.24) is 15.3 Å². The highest BCUT2D eigenvalue weighted by Crippen LogP contribution is 2.29. The van der Waals surface area contributed by atoms with Crippen LogP contribution in [0.2, 0.25) is 5.02 Å². The number of nitrogens with one attached hydrogen (secondary N) is 1. The number of aromatic nitrogens is 2. The second-order valence-electron chi connectivity index (χ2n) is 8.01. The van der Waals surface area contributed by atoms with E-state index in [9.17, 15) is 4.79 Å². The Morgan fingerprint density at radius 1 is 1.30 bits per heavy atom. The van der Waals surface area contributed by atoms with Crippen LogP contribution in [0.4, 0.5) is 11.8 Å². The molecule has 1 aliphatic heterocycles. The van der Waals surface area contributed by atoms with Crippen LogP contribution >= 0.6 is 11.6 Å². The van der Waals surface area contributed by atoms with Crippen molar-refractivity contribution in [3.63, 3.8) is 0 Å². The average molecular weight is 432 g/mol. The van der Waals surface area contributed by atoms with Crippen LogP contribution in [0.5, 0.6) is 5.75 Å². The zero-order valence-electron chi connectivity index (χ0n) is 18.2. The van der Waals surface area contributed by atoms with Gasteiger partial charge in [0.25, 0.3) is 0 Å². The molecule has 1 amide bonds. The van der Waals surface area contributed by atoms with Crippen LogP contribution in [0.1, 0.15) is 45.7 Å². The van der Waals surface area contributed by atoms with Crippen LogP contribution in [-0.4, -0.2) is 48.2 Å². The summed E-state index contributed by atoms with van der Waals surface area (Å²) < 4.78 is 6.17. The number of carbonyl (C=O) groups excluding carboxylic acids is 1. The van der Waals surface area contributed by atoms with Crippen molar-refractivity contribution in [3.8, 4) is 5.75 Å². The van der Waals surface area contributed by atoms with Crippen molar-refractivity contribution in [3.05, 3.63) is 41.0 Å². The number of ether oxygens (including phenoxy) is 1. The highest BCUT2D eigenvalue weighted by molar-refractivity contribution is 6.32. The third-order valence-electron chi connectivity index (χ3n) is 5.35. The van der Waals surface area contributed by atoms with Crippen LogP contribution in [0.25, 0.3) is 0 Å². The van der Waals surface area contributed by atoms with Crippen molar-refractivity contribution in [1.29, 1.82) is 0 Å². The maximum absolute atomic E-state index is 11.2. The van der Waals surface area contributed by atoms with Crippen LogP contribution in [0.3, 0.4) is 0 Å². The second kappa shape index (κ2) is 9.51. The molecule has 8 heteroatoms. The first-order valence-corrected chi connectivity index (χ1v) is 10.7. The maximum atomic E-state index is 11.2. The van der Waals surface area contributed by atoms with E-state index in [-0.39, 0.29) is 18.1 Å². The molecular weight excluding hydrogens is 402 g/mol. The summed E-state index contributed by atoms with van der Waals surface area (Å²) in [6.07, 6.45) is 2.61. The molecule has 2 atom stereocenters. The fourth-order valence-electron chi connectivity index (χ4n) is 3.40. The normalized spacial score (nSPS) is 17.2. The van der Waals surface area contributed by atoms with Crippen LogP contribution in [-0.2, 0) is 4.79 Å². The largest absolute Gasteiger partial charge is 0.489 e. The number of amides is 1. The van der Waals surface area contributed by atoms with Gasteiger partial charge >= 0.3 is 0 Å². The van der Waals surface area contributed by atoms with Crippen molar-refractivity contribution in [2.24, 2.45) is 0 Å². The molecule has 1 aromatic heterocycles. The van der Waals surface area contributed by atoms with E-state index in [1.807, 2.05) is 43.1 Å². The van der Waals surface area contributed by atoms with Gasteiger partial charge in [-0.05, 0) is 38.5 Å². The third kappa shape index (κ3) is 5.33. The average Bonchev–Trinajstić information content (AvgIpc) is 3.16. The first-order valence-electron chi connectivity index (χ1n) is 10.3. The zero-order valence-corrected chi connectivity index (χ0v) is 19.0. The van der Waals surface area contributed by atoms with E-state index in [1.165, 1.54) is 6.92 Å². The Morgan fingerprint density at radius 2 is 2.00 bits per heavy atom. The van der Waals surface area contributed by atoms with Gasteiger partial charge in [0.05, 0.1) is 18.8 Å². The maximum Gasteiger partial charge on any atom is 0.227 e. The fourth-order valence-corrected chi connectivity index (χ4v) is 3.61. The first-order chi connectivity index (χ1) is 14.2. The van der Waals surface area contributed by atoms with Gasteiger partial charge in [0.15, 0.2) is 5.82 Å². The summed E-state index contributed by atoms with van der Waals surface area (Å²) >= 11 is 6.40. The van der Waals surface area contributed by atoms with Gasteiger partial charge in [0, 0.05) is 33.0 Å². The molecule has 162 valence electrons. The highest BCUT2D eigenvalue weighted by atomic mass is 35.5. The summed E-state index contributed by atoms with van der Waals surface area (Å²) in [5.74, 6) is 2.19. The lowest BCUT2D eigenvalue weighted by Crippen LogP contribution is -2.29. The predicted octanol–water partition coefficient (Wildman–Crippen LogP) is 3.83. The Labute approximate surface area is 183 Å². The van der Waals surface area contributed by atoms with Gasteiger partial charge in [-0.15, -0.1) is 0 Å². The molecule has 1 aromatic carbocycles. The number of carbonyl (C=O) groups is 1. The Morgan fingerprint density at radius 3 is 2.63 bits per heavy atom. The summed E-state index contributed by atoms with van der Waals surface area (Å²) in [4.78, 5) is 24.4. The zero-order chi connectivity index (χ0) is 21.8. The van der Waals surface area contributed by atoms with E-state index in [0.717, 1.165) is 30.1 Å². The number of anilines is 2. The second-order valence-corrected chi connectivity index (χ2v) is 8.42. The van der Waals surface area contributed by atoms with E-state index in [2.05, 4.69) is 29.0 Å². The Kier molecular flexibility index (Phi) is 7.02. The smallest absolute Gasteiger partial charge is 0.227 e. The van der Waals surface area contributed by atoms with Gasteiger partial charge in [-0.25, -0.2) is 4.98 Å². The van der Waals surface area contributed by atoms with Crippen molar-refractivity contribution >= 4 is 29.3 Å². The van der Waals surface area contributed by atoms with Crippen molar-refractivity contribution < 1.29 is 9.53 Å². The Hall–Kier alpha value is -2.54. The minimum atomic E-state index is -0.0417.